The predicted octanol–water partition coefficient (Wildman–Crippen LogP) is 1.95. The van der Waals surface area contributed by atoms with Crippen molar-refractivity contribution in [3.63, 3.8) is 0 Å². The highest BCUT2D eigenvalue weighted by molar-refractivity contribution is 5.99. The zero-order valence-corrected chi connectivity index (χ0v) is 12.9. The van der Waals surface area contributed by atoms with E-state index in [1.165, 1.54) is 0 Å². The zero-order valence-electron chi connectivity index (χ0n) is 12.9. The Hall–Kier alpha value is -3.02. The Morgan fingerprint density at radius 1 is 1.08 bits per heavy atom. The van der Waals surface area contributed by atoms with Crippen LogP contribution in [0.3, 0.4) is 0 Å². The van der Waals surface area contributed by atoms with Gasteiger partial charge >= 0.3 is 0 Å². The summed E-state index contributed by atoms with van der Waals surface area (Å²) < 4.78 is 10.5. The number of carbonyl (C=O) groups is 2. The zero-order chi connectivity index (χ0) is 16.5. The molecule has 1 saturated heterocycles. The summed E-state index contributed by atoms with van der Waals surface area (Å²) in [6.07, 6.45) is 0.297. The van der Waals surface area contributed by atoms with Crippen LogP contribution in [0.2, 0.25) is 0 Å². The molecule has 6 heteroatoms. The van der Waals surface area contributed by atoms with Crippen molar-refractivity contribution in [1.82, 2.24) is 5.32 Å². The molecule has 0 spiro atoms. The SMILES string of the molecule is O=C(N[C@H]1CC(=O)N(c2ccccc2)C1)c1ccc2c(c1)OCO2. The number of ether oxygens (including phenoxy) is 2. The molecule has 4 rings (SSSR count). The topological polar surface area (TPSA) is 67.9 Å². The van der Waals surface area contributed by atoms with Crippen LogP contribution in [-0.4, -0.2) is 31.2 Å². The van der Waals surface area contributed by atoms with E-state index in [4.69, 9.17) is 9.47 Å². The molecule has 24 heavy (non-hydrogen) atoms. The number of para-hydroxylation sites is 1. The minimum Gasteiger partial charge on any atom is -0.454 e. The van der Waals surface area contributed by atoms with Gasteiger partial charge in [0, 0.05) is 24.2 Å². The fraction of sp³-hybridized carbons (Fsp3) is 0.222. The molecule has 2 aliphatic rings. The third kappa shape index (κ3) is 2.67. The predicted molar refractivity (Wildman–Crippen MR) is 87.2 cm³/mol. The summed E-state index contributed by atoms with van der Waals surface area (Å²) in [5, 5.41) is 2.92. The molecule has 1 atom stereocenters. The van der Waals surface area contributed by atoms with Crippen LogP contribution in [-0.2, 0) is 4.79 Å². The van der Waals surface area contributed by atoms with E-state index in [1.807, 2.05) is 30.3 Å². The molecule has 2 amide bonds. The summed E-state index contributed by atoms with van der Waals surface area (Å²) in [7, 11) is 0. The van der Waals surface area contributed by atoms with Gasteiger partial charge in [0.25, 0.3) is 5.91 Å². The standard InChI is InChI=1S/C18H16N2O4/c21-17-9-13(10-20(17)14-4-2-1-3-5-14)19-18(22)12-6-7-15-16(8-12)24-11-23-15/h1-8,13H,9-11H2,(H,19,22)/t13-/m0/s1. The highest BCUT2D eigenvalue weighted by atomic mass is 16.7. The maximum atomic E-state index is 12.4. The fourth-order valence-electron chi connectivity index (χ4n) is 2.97. The van der Waals surface area contributed by atoms with Gasteiger partial charge < -0.3 is 19.7 Å². The molecule has 122 valence electrons. The number of hydrogen-bond acceptors (Lipinski definition) is 4. The van der Waals surface area contributed by atoms with Gasteiger partial charge in [0.1, 0.15) is 0 Å². The number of rotatable bonds is 3. The van der Waals surface area contributed by atoms with Crippen molar-refractivity contribution in [2.75, 3.05) is 18.2 Å². The Labute approximate surface area is 139 Å². The van der Waals surface area contributed by atoms with Crippen LogP contribution in [0, 0.1) is 0 Å². The van der Waals surface area contributed by atoms with Crippen molar-refractivity contribution in [2.45, 2.75) is 12.5 Å². The molecule has 2 aromatic rings. The first kappa shape index (κ1) is 14.6. The van der Waals surface area contributed by atoms with E-state index in [2.05, 4.69) is 5.32 Å². The first-order valence-electron chi connectivity index (χ1n) is 7.76. The Bertz CT molecular complexity index is 791. The van der Waals surface area contributed by atoms with Gasteiger partial charge in [-0.15, -0.1) is 0 Å². The molecular formula is C18H16N2O4. The summed E-state index contributed by atoms with van der Waals surface area (Å²) in [5.74, 6) is 0.993. The van der Waals surface area contributed by atoms with Crippen molar-refractivity contribution in [2.24, 2.45) is 0 Å². The second kappa shape index (κ2) is 5.88. The molecule has 0 radical (unpaired) electrons. The van der Waals surface area contributed by atoms with Crippen LogP contribution >= 0.6 is 0 Å². The summed E-state index contributed by atoms with van der Waals surface area (Å²) in [5.41, 5.74) is 1.34. The Balaban J connectivity index is 1.44. The minimum atomic E-state index is -0.221. The maximum Gasteiger partial charge on any atom is 0.251 e. The first-order valence-corrected chi connectivity index (χ1v) is 7.76. The van der Waals surface area contributed by atoms with E-state index in [9.17, 15) is 9.59 Å². The first-order chi connectivity index (χ1) is 11.7. The Morgan fingerprint density at radius 2 is 1.88 bits per heavy atom. The third-order valence-electron chi connectivity index (χ3n) is 4.16. The van der Waals surface area contributed by atoms with Crippen LogP contribution in [0.15, 0.2) is 48.5 Å². The van der Waals surface area contributed by atoms with E-state index in [0.29, 0.717) is 30.0 Å². The van der Waals surface area contributed by atoms with E-state index in [1.54, 1.807) is 23.1 Å². The molecule has 1 N–H and O–H groups in total. The minimum absolute atomic E-state index is 0.0113. The van der Waals surface area contributed by atoms with Crippen LogP contribution in [0.25, 0.3) is 0 Å². The molecule has 1 fully saturated rings. The lowest BCUT2D eigenvalue weighted by atomic mass is 10.1. The van der Waals surface area contributed by atoms with Crippen molar-refractivity contribution in [3.8, 4) is 11.5 Å². The molecule has 2 heterocycles. The van der Waals surface area contributed by atoms with E-state index in [-0.39, 0.29) is 24.6 Å². The number of nitrogens with zero attached hydrogens (tertiary/aromatic N) is 1. The fourth-order valence-corrected chi connectivity index (χ4v) is 2.97. The highest BCUT2D eigenvalue weighted by Crippen LogP contribution is 2.32. The van der Waals surface area contributed by atoms with Crippen LogP contribution in [0.4, 0.5) is 5.69 Å². The number of anilines is 1. The Kier molecular flexibility index (Phi) is 3.57. The smallest absolute Gasteiger partial charge is 0.251 e. The second-order valence-corrected chi connectivity index (χ2v) is 5.78. The average Bonchev–Trinajstić information content (AvgIpc) is 3.21. The number of amides is 2. The number of fused-ring (bicyclic) bond motifs is 1. The van der Waals surface area contributed by atoms with Crippen LogP contribution in [0.5, 0.6) is 11.5 Å². The van der Waals surface area contributed by atoms with Gasteiger partial charge in [0.05, 0.1) is 6.04 Å². The van der Waals surface area contributed by atoms with E-state index >= 15 is 0 Å². The van der Waals surface area contributed by atoms with Crippen molar-refractivity contribution >= 4 is 17.5 Å². The number of hydrogen-bond donors (Lipinski definition) is 1. The average molecular weight is 324 g/mol. The molecule has 2 aromatic carbocycles. The van der Waals surface area contributed by atoms with Gasteiger partial charge in [0.15, 0.2) is 11.5 Å². The van der Waals surface area contributed by atoms with Crippen molar-refractivity contribution in [3.05, 3.63) is 54.1 Å². The number of nitrogens with one attached hydrogen (secondary N) is 1. The quantitative estimate of drug-likeness (QED) is 0.937. The van der Waals surface area contributed by atoms with Crippen LogP contribution in [0.1, 0.15) is 16.8 Å². The molecule has 0 aliphatic carbocycles. The summed E-state index contributed by atoms with van der Waals surface area (Å²) in [4.78, 5) is 26.3. The monoisotopic (exact) mass is 324 g/mol. The normalized spacial score (nSPS) is 18.8. The molecule has 2 aliphatic heterocycles. The molecule has 6 nitrogen and oxygen atoms in total. The van der Waals surface area contributed by atoms with Gasteiger partial charge in [-0.2, -0.15) is 0 Å². The molecule has 0 bridgehead atoms. The summed E-state index contributed by atoms with van der Waals surface area (Å²) in [6, 6.07) is 14.3. The number of benzene rings is 2. The van der Waals surface area contributed by atoms with Gasteiger partial charge in [-0.1, -0.05) is 18.2 Å². The molecule has 0 saturated carbocycles. The van der Waals surface area contributed by atoms with Crippen molar-refractivity contribution < 1.29 is 19.1 Å². The van der Waals surface area contributed by atoms with Gasteiger partial charge in [-0.05, 0) is 30.3 Å². The van der Waals surface area contributed by atoms with E-state index in [0.717, 1.165) is 5.69 Å². The van der Waals surface area contributed by atoms with E-state index < -0.39 is 0 Å². The lowest BCUT2D eigenvalue weighted by Gasteiger charge is -2.17. The largest absolute Gasteiger partial charge is 0.454 e. The highest BCUT2D eigenvalue weighted by Gasteiger charge is 2.31. The summed E-state index contributed by atoms with van der Waals surface area (Å²) in [6.45, 7) is 0.642. The third-order valence-corrected chi connectivity index (χ3v) is 4.16. The Morgan fingerprint density at radius 3 is 2.71 bits per heavy atom. The molecular weight excluding hydrogens is 308 g/mol. The molecule has 0 unspecified atom stereocenters. The van der Waals surface area contributed by atoms with Crippen LogP contribution < -0.4 is 19.7 Å². The lowest BCUT2D eigenvalue weighted by molar-refractivity contribution is -0.117. The second-order valence-electron chi connectivity index (χ2n) is 5.78. The lowest BCUT2D eigenvalue weighted by Crippen LogP contribution is -2.37. The number of carbonyl (C=O) groups excluding carboxylic acids is 2. The van der Waals surface area contributed by atoms with Crippen molar-refractivity contribution in [1.29, 1.82) is 0 Å². The van der Waals surface area contributed by atoms with Gasteiger partial charge in [0.2, 0.25) is 12.7 Å². The summed E-state index contributed by atoms with van der Waals surface area (Å²) >= 11 is 0. The van der Waals surface area contributed by atoms with Gasteiger partial charge in [-0.25, -0.2) is 0 Å². The molecule has 0 aromatic heterocycles. The maximum absolute atomic E-state index is 12.4. The van der Waals surface area contributed by atoms with Gasteiger partial charge in [-0.3, -0.25) is 9.59 Å².